The van der Waals surface area contributed by atoms with E-state index in [1.54, 1.807) is 6.92 Å². The highest BCUT2D eigenvalue weighted by Crippen LogP contribution is 2.20. The molecule has 0 radical (unpaired) electrons. The molecule has 8 heteroatoms. The first-order valence-corrected chi connectivity index (χ1v) is 7.30. The van der Waals surface area contributed by atoms with Gasteiger partial charge in [0.05, 0.1) is 12.4 Å². The number of hydrogen-bond donors (Lipinski definition) is 2. The van der Waals surface area contributed by atoms with Crippen LogP contribution in [0, 0.1) is 0 Å². The molecule has 1 aromatic rings. The van der Waals surface area contributed by atoms with Crippen molar-refractivity contribution in [3.63, 3.8) is 0 Å². The van der Waals surface area contributed by atoms with Crippen LogP contribution in [0.3, 0.4) is 0 Å². The summed E-state index contributed by atoms with van der Waals surface area (Å²) in [4.78, 5) is 31.0. The number of amides is 1. The van der Waals surface area contributed by atoms with Crippen LogP contribution in [0.4, 0.5) is 5.82 Å². The Hall–Kier alpha value is -1.83. The number of aromatic nitrogens is 2. The van der Waals surface area contributed by atoms with Crippen LogP contribution in [-0.4, -0.2) is 40.2 Å². The number of hydrogen-bond acceptors (Lipinski definition) is 7. The second-order valence-electron chi connectivity index (χ2n) is 4.30. The molecular weight excluding hydrogens is 280 g/mol. The first-order valence-electron chi connectivity index (χ1n) is 6.32. The van der Waals surface area contributed by atoms with Gasteiger partial charge < -0.3 is 15.8 Å². The number of anilines is 1. The Kier molecular flexibility index (Phi) is 4.78. The first-order chi connectivity index (χ1) is 9.60. The van der Waals surface area contributed by atoms with E-state index in [-0.39, 0.29) is 29.6 Å². The van der Waals surface area contributed by atoms with E-state index in [1.807, 2.05) is 0 Å². The third-order valence-electron chi connectivity index (χ3n) is 2.57. The van der Waals surface area contributed by atoms with Crippen molar-refractivity contribution in [3.8, 4) is 0 Å². The minimum atomic E-state index is -0.548. The molecule has 3 N–H and O–H groups in total. The number of thioether (sulfide) groups is 1. The van der Waals surface area contributed by atoms with Crippen LogP contribution in [0.15, 0.2) is 11.4 Å². The molecule has 1 aromatic heterocycles. The van der Waals surface area contributed by atoms with Crippen molar-refractivity contribution in [2.45, 2.75) is 31.0 Å². The summed E-state index contributed by atoms with van der Waals surface area (Å²) in [6.07, 6.45) is 3.42. The van der Waals surface area contributed by atoms with Gasteiger partial charge in [-0.05, 0) is 19.8 Å². The predicted octanol–water partition coefficient (Wildman–Crippen LogP) is 0.606. The lowest BCUT2D eigenvalue weighted by Crippen LogP contribution is -2.27. The quantitative estimate of drug-likeness (QED) is 0.450. The number of nitrogens with one attached hydrogen (secondary N) is 1. The zero-order valence-corrected chi connectivity index (χ0v) is 11.9. The summed E-state index contributed by atoms with van der Waals surface area (Å²) < 4.78 is 4.83. The molecule has 1 amide bonds. The van der Waals surface area contributed by atoms with Gasteiger partial charge in [-0.25, -0.2) is 14.8 Å². The van der Waals surface area contributed by atoms with E-state index in [0.29, 0.717) is 11.2 Å². The summed E-state index contributed by atoms with van der Waals surface area (Å²) in [6, 6.07) is 0.334. The molecule has 0 saturated heterocycles. The Morgan fingerprint density at radius 2 is 2.30 bits per heavy atom. The standard InChI is InChI=1S/C12H16N4O3S/c1-2-19-11(18)8-5-14-12(16-10(8)13)20-6-9(17)15-7-3-4-7/h5,7H,2-4,6H2,1H3,(H,15,17)(H2,13,14,16). The zero-order valence-electron chi connectivity index (χ0n) is 11.1. The van der Waals surface area contributed by atoms with Gasteiger partial charge >= 0.3 is 5.97 Å². The van der Waals surface area contributed by atoms with Crippen LogP contribution in [0.25, 0.3) is 0 Å². The number of esters is 1. The van der Waals surface area contributed by atoms with E-state index in [4.69, 9.17) is 10.5 Å². The maximum atomic E-state index is 11.5. The van der Waals surface area contributed by atoms with Crippen LogP contribution in [0.1, 0.15) is 30.1 Å². The second kappa shape index (κ2) is 6.56. The van der Waals surface area contributed by atoms with Crippen molar-refractivity contribution in [1.82, 2.24) is 15.3 Å². The monoisotopic (exact) mass is 296 g/mol. The topological polar surface area (TPSA) is 107 Å². The van der Waals surface area contributed by atoms with Gasteiger partial charge in [0.2, 0.25) is 5.91 Å². The SMILES string of the molecule is CCOC(=O)c1cnc(SCC(=O)NC2CC2)nc1N. The van der Waals surface area contributed by atoms with Crippen LogP contribution >= 0.6 is 11.8 Å². The molecule has 1 heterocycles. The molecule has 1 aliphatic carbocycles. The molecule has 0 atom stereocenters. The number of nitrogens with two attached hydrogens (primary N) is 1. The minimum absolute atomic E-state index is 0.0471. The first kappa shape index (κ1) is 14.6. The summed E-state index contributed by atoms with van der Waals surface area (Å²) in [6.45, 7) is 1.97. The Morgan fingerprint density at radius 1 is 1.55 bits per heavy atom. The van der Waals surface area contributed by atoms with Gasteiger partial charge in [-0.1, -0.05) is 11.8 Å². The van der Waals surface area contributed by atoms with Gasteiger partial charge in [0.1, 0.15) is 11.4 Å². The van der Waals surface area contributed by atoms with Gasteiger partial charge in [-0.15, -0.1) is 0 Å². The van der Waals surface area contributed by atoms with Crippen molar-refractivity contribution in [2.75, 3.05) is 18.1 Å². The summed E-state index contributed by atoms with van der Waals surface area (Å²) in [5.74, 6) is -0.306. The highest BCUT2D eigenvalue weighted by atomic mass is 32.2. The van der Waals surface area contributed by atoms with Crippen molar-refractivity contribution >= 4 is 29.5 Å². The van der Waals surface area contributed by atoms with E-state index in [9.17, 15) is 9.59 Å². The Bertz CT molecular complexity index is 519. The molecule has 1 saturated carbocycles. The predicted molar refractivity (Wildman–Crippen MR) is 74.3 cm³/mol. The number of nitrogens with zero attached hydrogens (tertiary/aromatic N) is 2. The van der Waals surface area contributed by atoms with Crippen LogP contribution in [0.5, 0.6) is 0 Å². The lowest BCUT2D eigenvalue weighted by Gasteiger charge is -2.06. The Morgan fingerprint density at radius 3 is 2.90 bits per heavy atom. The molecule has 0 spiro atoms. The smallest absolute Gasteiger partial charge is 0.343 e. The summed E-state index contributed by atoms with van der Waals surface area (Å²) >= 11 is 1.18. The van der Waals surface area contributed by atoms with Crippen molar-refractivity contribution in [1.29, 1.82) is 0 Å². The maximum Gasteiger partial charge on any atom is 0.343 e. The molecule has 108 valence electrons. The molecule has 0 aromatic carbocycles. The highest BCUT2D eigenvalue weighted by molar-refractivity contribution is 7.99. The van der Waals surface area contributed by atoms with E-state index in [0.717, 1.165) is 12.8 Å². The molecule has 20 heavy (non-hydrogen) atoms. The summed E-state index contributed by atoms with van der Waals surface area (Å²) in [5.41, 5.74) is 5.82. The van der Waals surface area contributed by atoms with Crippen molar-refractivity contribution in [3.05, 3.63) is 11.8 Å². The van der Waals surface area contributed by atoms with Gasteiger partial charge in [-0.2, -0.15) is 0 Å². The Balaban J connectivity index is 1.90. The third-order valence-corrected chi connectivity index (χ3v) is 3.43. The average molecular weight is 296 g/mol. The lowest BCUT2D eigenvalue weighted by molar-refractivity contribution is -0.118. The minimum Gasteiger partial charge on any atom is -0.462 e. The van der Waals surface area contributed by atoms with Crippen molar-refractivity contribution in [2.24, 2.45) is 0 Å². The number of carbonyl (C=O) groups excluding carboxylic acids is 2. The number of carbonyl (C=O) groups is 2. The number of rotatable bonds is 6. The van der Waals surface area contributed by atoms with Gasteiger partial charge in [0, 0.05) is 12.2 Å². The fraction of sp³-hybridized carbons (Fsp3) is 0.500. The van der Waals surface area contributed by atoms with Gasteiger partial charge in [-0.3, -0.25) is 4.79 Å². The fourth-order valence-corrected chi connectivity index (χ4v) is 2.07. The third kappa shape index (κ3) is 4.09. The lowest BCUT2D eigenvalue weighted by atomic mass is 10.3. The maximum absolute atomic E-state index is 11.5. The van der Waals surface area contributed by atoms with E-state index >= 15 is 0 Å². The average Bonchev–Trinajstić information content (AvgIpc) is 3.20. The second-order valence-corrected chi connectivity index (χ2v) is 5.24. The molecule has 1 aliphatic rings. The molecule has 1 fully saturated rings. The number of ether oxygens (including phenoxy) is 1. The molecule has 2 rings (SSSR count). The summed E-state index contributed by atoms with van der Waals surface area (Å²) in [7, 11) is 0. The largest absolute Gasteiger partial charge is 0.462 e. The molecule has 0 aliphatic heterocycles. The van der Waals surface area contributed by atoms with E-state index in [2.05, 4.69) is 15.3 Å². The fourth-order valence-electron chi connectivity index (χ4n) is 1.44. The molecule has 7 nitrogen and oxygen atoms in total. The summed E-state index contributed by atoms with van der Waals surface area (Å²) in [5, 5.41) is 3.23. The number of nitrogen functional groups attached to an aromatic ring is 1. The van der Waals surface area contributed by atoms with Crippen LogP contribution in [0.2, 0.25) is 0 Å². The van der Waals surface area contributed by atoms with E-state index in [1.165, 1.54) is 18.0 Å². The molecule has 0 unspecified atom stereocenters. The molecule has 0 bridgehead atoms. The van der Waals surface area contributed by atoms with Gasteiger partial charge in [0.25, 0.3) is 0 Å². The van der Waals surface area contributed by atoms with Crippen molar-refractivity contribution < 1.29 is 14.3 Å². The molecular formula is C12H16N4O3S. The van der Waals surface area contributed by atoms with E-state index < -0.39 is 5.97 Å². The normalized spacial score (nSPS) is 13.8. The van der Waals surface area contributed by atoms with Gasteiger partial charge in [0.15, 0.2) is 5.16 Å². The van der Waals surface area contributed by atoms with Crippen LogP contribution in [-0.2, 0) is 9.53 Å². The van der Waals surface area contributed by atoms with Crippen LogP contribution < -0.4 is 11.1 Å². The zero-order chi connectivity index (χ0) is 14.5. The highest BCUT2D eigenvalue weighted by Gasteiger charge is 2.23. The Labute approximate surface area is 120 Å².